The molecule has 0 spiro atoms. The minimum absolute atomic E-state index is 0.0933. The number of aromatic nitrogens is 3. The molecule has 1 aromatic heterocycles. The fourth-order valence-electron chi connectivity index (χ4n) is 4.03. The lowest BCUT2D eigenvalue weighted by Gasteiger charge is -2.25. The lowest BCUT2D eigenvalue weighted by atomic mass is 9.83. The highest BCUT2D eigenvalue weighted by molar-refractivity contribution is 5.73. The number of hydrogen-bond acceptors (Lipinski definition) is 3. The Morgan fingerprint density at radius 3 is 3.04 bits per heavy atom. The lowest BCUT2D eigenvalue weighted by molar-refractivity contribution is 0.240. The normalized spacial score (nSPS) is 18.5. The molecule has 6 nitrogen and oxygen atoms in total. The van der Waals surface area contributed by atoms with Crippen molar-refractivity contribution in [3.63, 3.8) is 0 Å². The number of benzene rings is 1. The molecule has 2 amide bonds. The van der Waals surface area contributed by atoms with Gasteiger partial charge in [-0.1, -0.05) is 24.3 Å². The first kappa shape index (κ1) is 16.1. The highest BCUT2D eigenvalue weighted by Gasteiger charge is 2.20. The maximum atomic E-state index is 12.1. The molecule has 132 valence electrons. The fraction of sp³-hybridized carbons (Fsp3) is 0.526. The van der Waals surface area contributed by atoms with Crippen LogP contribution < -0.4 is 10.6 Å². The SMILES string of the molecule is O=C(NCCc1nnc2n1CCC2)NC[C@@H]1CCCc2ccccc21. The molecule has 0 fully saturated rings. The minimum Gasteiger partial charge on any atom is -0.338 e. The van der Waals surface area contributed by atoms with Crippen molar-refractivity contribution >= 4 is 6.03 Å². The van der Waals surface area contributed by atoms with Crippen LogP contribution in [0.5, 0.6) is 0 Å². The first-order valence-corrected chi connectivity index (χ1v) is 9.32. The first-order valence-electron chi connectivity index (χ1n) is 9.32. The zero-order valence-corrected chi connectivity index (χ0v) is 14.5. The van der Waals surface area contributed by atoms with Gasteiger partial charge in [0.1, 0.15) is 11.6 Å². The quantitative estimate of drug-likeness (QED) is 0.877. The number of amides is 2. The predicted octanol–water partition coefficient (Wildman–Crippen LogP) is 2.19. The van der Waals surface area contributed by atoms with Crippen molar-refractivity contribution < 1.29 is 4.79 Å². The van der Waals surface area contributed by atoms with E-state index in [-0.39, 0.29) is 6.03 Å². The Morgan fingerprint density at radius 1 is 1.16 bits per heavy atom. The molecule has 2 aromatic rings. The van der Waals surface area contributed by atoms with Crippen LogP contribution in [0.25, 0.3) is 0 Å². The summed E-state index contributed by atoms with van der Waals surface area (Å²) in [6.07, 6.45) is 6.39. The molecule has 2 heterocycles. The van der Waals surface area contributed by atoms with Crippen molar-refractivity contribution in [2.45, 2.75) is 51.0 Å². The molecule has 0 saturated carbocycles. The van der Waals surface area contributed by atoms with Gasteiger partial charge in [0.05, 0.1) is 0 Å². The van der Waals surface area contributed by atoms with E-state index in [1.165, 1.54) is 17.5 Å². The summed E-state index contributed by atoms with van der Waals surface area (Å²) in [4.78, 5) is 12.1. The average Bonchev–Trinajstić information content (AvgIpc) is 3.25. The highest BCUT2D eigenvalue weighted by atomic mass is 16.2. The third-order valence-electron chi connectivity index (χ3n) is 5.32. The number of urea groups is 1. The predicted molar refractivity (Wildman–Crippen MR) is 95.6 cm³/mol. The van der Waals surface area contributed by atoms with Gasteiger partial charge in [-0.15, -0.1) is 10.2 Å². The molecule has 1 aromatic carbocycles. The van der Waals surface area contributed by atoms with Crippen LogP contribution in [0.4, 0.5) is 4.79 Å². The summed E-state index contributed by atoms with van der Waals surface area (Å²) in [7, 11) is 0. The monoisotopic (exact) mass is 339 g/mol. The maximum absolute atomic E-state index is 12.1. The fourth-order valence-corrected chi connectivity index (χ4v) is 4.03. The molecule has 0 saturated heterocycles. The first-order chi connectivity index (χ1) is 12.3. The van der Waals surface area contributed by atoms with E-state index in [9.17, 15) is 4.79 Å². The minimum atomic E-state index is -0.0933. The van der Waals surface area contributed by atoms with E-state index < -0.39 is 0 Å². The lowest BCUT2D eigenvalue weighted by Crippen LogP contribution is -2.39. The molecule has 6 heteroatoms. The van der Waals surface area contributed by atoms with Crippen LogP contribution in [0, 0.1) is 0 Å². The molecular weight excluding hydrogens is 314 g/mol. The van der Waals surface area contributed by atoms with Crippen LogP contribution >= 0.6 is 0 Å². The number of hydrogen-bond donors (Lipinski definition) is 2. The van der Waals surface area contributed by atoms with E-state index in [1.54, 1.807) is 0 Å². The number of nitrogens with one attached hydrogen (secondary N) is 2. The van der Waals surface area contributed by atoms with Crippen LogP contribution in [-0.4, -0.2) is 33.9 Å². The standard InChI is InChI=1S/C19H25N5O/c25-19(20-11-10-18-23-22-17-9-4-12-24(17)18)21-13-15-7-3-6-14-5-1-2-8-16(14)15/h1-2,5,8,15H,3-4,6-7,9-13H2,(H2,20,21,25)/t15-/m0/s1. The topological polar surface area (TPSA) is 71.8 Å². The largest absolute Gasteiger partial charge is 0.338 e. The molecule has 0 unspecified atom stereocenters. The zero-order chi connectivity index (χ0) is 17.1. The van der Waals surface area contributed by atoms with Crippen molar-refractivity contribution in [1.82, 2.24) is 25.4 Å². The van der Waals surface area contributed by atoms with Crippen molar-refractivity contribution in [2.24, 2.45) is 0 Å². The number of fused-ring (bicyclic) bond motifs is 2. The second-order valence-electron chi connectivity index (χ2n) is 6.96. The summed E-state index contributed by atoms with van der Waals surface area (Å²) < 4.78 is 2.18. The van der Waals surface area contributed by atoms with Gasteiger partial charge in [0.25, 0.3) is 0 Å². The highest BCUT2D eigenvalue weighted by Crippen LogP contribution is 2.30. The molecule has 1 atom stereocenters. The van der Waals surface area contributed by atoms with Gasteiger partial charge in [0, 0.05) is 38.4 Å². The summed E-state index contributed by atoms with van der Waals surface area (Å²) in [6.45, 7) is 2.29. The zero-order valence-electron chi connectivity index (χ0n) is 14.5. The smallest absolute Gasteiger partial charge is 0.314 e. The van der Waals surface area contributed by atoms with E-state index in [1.807, 2.05) is 0 Å². The van der Waals surface area contributed by atoms with Gasteiger partial charge in [-0.05, 0) is 36.8 Å². The molecule has 2 aliphatic rings. The van der Waals surface area contributed by atoms with Crippen LogP contribution in [0.3, 0.4) is 0 Å². The Hall–Kier alpha value is -2.37. The van der Waals surface area contributed by atoms with Gasteiger partial charge in [0.2, 0.25) is 0 Å². The number of carbonyl (C=O) groups excluding carboxylic acids is 1. The Labute approximate surface area is 148 Å². The van der Waals surface area contributed by atoms with Gasteiger partial charge in [-0.2, -0.15) is 0 Å². The third kappa shape index (κ3) is 3.52. The molecule has 1 aliphatic carbocycles. The molecular formula is C19H25N5O. The summed E-state index contributed by atoms with van der Waals surface area (Å²) in [5.74, 6) is 2.49. The number of aryl methyl sites for hydroxylation is 2. The van der Waals surface area contributed by atoms with Crippen LogP contribution in [0.2, 0.25) is 0 Å². The van der Waals surface area contributed by atoms with Crippen molar-refractivity contribution in [1.29, 1.82) is 0 Å². The second kappa shape index (κ2) is 7.25. The van der Waals surface area contributed by atoms with Gasteiger partial charge >= 0.3 is 6.03 Å². The molecule has 4 rings (SSSR count). The Balaban J connectivity index is 1.23. The Bertz CT molecular complexity index is 754. The number of nitrogens with zero attached hydrogens (tertiary/aromatic N) is 3. The summed E-state index contributed by atoms with van der Waals surface area (Å²) in [6, 6.07) is 8.50. The van der Waals surface area contributed by atoms with E-state index in [2.05, 4.69) is 49.7 Å². The van der Waals surface area contributed by atoms with Gasteiger partial charge in [-0.25, -0.2) is 4.79 Å². The van der Waals surface area contributed by atoms with Gasteiger partial charge < -0.3 is 15.2 Å². The van der Waals surface area contributed by atoms with Crippen LogP contribution in [0.15, 0.2) is 24.3 Å². The molecule has 0 bridgehead atoms. The Kier molecular flexibility index (Phi) is 4.68. The third-order valence-corrected chi connectivity index (χ3v) is 5.32. The maximum Gasteiger partial charge on any atom is 0.314 e. The summed E-state index contributed by atoms with van der Waals surface area (Å²) in [5.41, 5.74) is 2.83. The van der Waals surface area contributed by atoms with Crippen molar-refractivity contribution in [3.8, 4) is 0 Å². The van der Waals surface area contributed by atoms with E-state index in [0.717, 1.165) is 50.3 Å². The number of rotatable bonds is 5. The van der Waals surface area contributed by atoms with Gasteiger partial charge in [-0.3, -0.25) is 0 Å². The molecule has 2 N–H and O–H groups in total. The molecule has 1 aliphatic heterocycles. The van der Waals surface area contributed by atoms with E-state index in [4.69, 9.17) is 0 Å². The van der Waals surface area contributed by atoms with Crippen molar-refractivity contribution in [3.05, 3.63) is 47.0 Å². The van der Waals surface area contributed by atoms with Crippen molar-refractivity contribution in [2.75, 3.05) is 13.1 Å². The number of carbonyl (C=O) groups is 1. The summed E-state index contributed by atoms with van der Waals surface area (Å²) in [5, 5.41) is 14.4. The average molecular weight is 339 g/mol. The molecule has 25 heavy (non-hydrogen) atoms. The van der Waals surface area contributed by atoms with Crippen LogP contribution in [0.1, 0.15) is 48.0 Å². The second-order valence-corrected chi connectivity index (χ2v) is 6.96. The Morgan fingerprint density at radius 2 is 2.08 bits per heavy atom. The van der Waals surface area contributed by atoms with E-state index >= 15 is 0 Å². The van der Waals surface area contributed by atoms with Crippen LogP contribution in [-0.2, 0) is 25.8 Å². The van der Waals surface area contributed by atoms with E-state index in [0.29, 0.717) is 19.0 Å². The summed E-state index contributed by atoms with van der Waals surface area (Å²) >= 11 is 0. The molecule has 0 radical (unpaired) electrons. The van der Waals surface area contributed by atoms with Gasteiger partial charge in [0.15, 0.2) is 0 Å².